The summed E-state index contributed by atoms with van der Waals surface area (Å²) in [6.07, 6.45) is 2.18. The summed E-state index contributed by atoms with van der Waals surface area (Å²) in [5.41, 5.74) is 3.51. The van der Waals surface area contributed by atoms with Crippen molar-refractivity contribution in [2.24, 2.45) is 0 Å². The smallest absolute Gasteiger partial charge is 0.133 e. The Morgan fingerprint density at radius 2 is 1.51 bits per heavy atom. The Bertz CT molecular complexity index is 1400. The maximum Gasteiger partial charge on any atom is 0.133 e. The van der Waals surface area contributed by atoms with Crippen molar-refractivity contribution >= 4 is 23.5 Å². The van der Waals surface area contributed by atoms with Crippen molar-refractivity contribution < 1.29 is 27.0 Å². The van der Waals surface area contributed by atoms with Gasteiger partial charge in [0.15, 0.2) is 0 Å². The topological polar surface area (TPSA) is 31.4 Å². The average molecular weight is 572 g/mol. The van der Waals surface area contributed by atoms with E-state index in [0.717, 1.165) is 34.4 Å². The van der Waals surface area contributed by atoms with Crippen LogP contribution in [0.25, 0.3) is 22.4 Å². The number of halogens is 4. The monoisotopic (exact) mass is 571 g/mol. The van der Waals surface area contributed by atoms with Gasteiger partial charge in [-0.25, -0.2) is 17.6 Å². The first-order valence-electron chi connectivity index (χ1n) is 12.2. The quantitative estimate of drug-likeness (QED) is 0.198. The first-order valence-corrected chi connectivity index (χ1v) is 14.3. The lowest BCUT2D eigenvalue weighted by atomic mass is 10.0. The van der Waals surface area contributed by atoms with Crippen LogP contribution in [0, 0.1) is 17.5 Å². The van der Waals surface area contributed by atoms with Gasteiger partial charge in [0, 0.05) is 42.0 Å². The summed E-state index contributed by atoms with van der Waals surface area (Å²) < 4.78 is 67.1. The van der Waals surface area contributed by atoms with E-state index in [4.69, 9.17) is 9.47 Å². The predicted octanol–water partition coefficient (Wildman–Crippen LogP) is 8.38. The molecule has 0 bridgehead atoms. The fraction of sp³-hybridized carbons (Fsp3) is 0.233. The summed E-state index contributed by atoms with van der Waals surface area (Å²) in [5.74, 6) is -0.348. The molecule has 3 nitrogen and oxygen atoms in total. The molecule has 202 valence electrons. The molecule has 1 aliphatic rings. The van der Waals surface area contributed by atoms with E-state index < -0.39 is 30.7 Å². The lowest BCUT2D eigenvalue weighted by Crippen LogP contribution is -2.21. The lowest BCUT2D eigenvalue weighted by Gasteiger charge is -2.26. The molecule has 0 unspecified atom stereocenters. The average Bonchev–Trinajstić information content (AvgIpc) is 2.97. The van der Waals surface area contributed by atoms with Crippen molar-refractivity contribution in [2.45, 2.75) is 24.0 Å². The molecule has 3 aromatic carbocycles. The molecule has 1 saturated heterocycles. The highest BCUT2D eigenvalue weighted by molar-refractivity contribution is 8.17. The van der Waals surface area contributed by atoms with Crippen LogP contribution in [0.5, 0.6) is 5.75 Å². The van der Waals surface area contributed by atoms with E-state index >= 15 is 0 Å². The zero-order valence-electron chi connectivity index (χ0n) is 21.0. The highest BCUT2D eigenvalue weighted by Crippen LogP contribution is 2.44. The molecule has 0 spiro atoms. The molecular formula is C30H25F4NO2S2. The van der Waals surface area contributed by atoms with Crippen molar-refractivity contribution in [3.8, 4) is 28.1 Å². The largest absolute Gasteiger partial charge is 0.489 e. The molecule has 4 aromatic rings. The van der Waals surface area contributed by atoms with Crippen molar-refractivity contribution in [1.29, 1.82) is 0 Å². The van der Waals surface area contributed by atoms with Crippen LogP contribution in [0.1, 0.15) is 21.3 Å². The van der Waals surface area contributed by atoms with Crippen molar-refractivity contribution in [3.05, 3.63) is 107 Å². The highest BCUT2D eigenvalue weighted by Gasteiger charge is 2.23. The number of benzene rings is 3. The number of hydrogen-bond acceptors (Lipinski definition) is 5. The van der Waals surface area contributed by atoms with E-state index in [1.54, 1.807) is 19.2 Å². The second-order valence-corrected chi connectivity index (χ2v) is 11.6. The molecule has 1 aliphatic heterocycles. The van der Waals surface area contributed by atoms with Gasteiger partial charge in [-0.2, -0.15) is 0 Å². The number of thioether (sulfide) groups is 2. The molecule has 39 heavy (non-hydrogen) atoms. The number of alkyl halides is 1. The van der Waals surface area contributed by atoms with E-state index in [9.17, 15) is 17.6 Å². The Hall–Kier alpha value is -3.01. The minimum atomic E-state index is -0.949. The third-order valence-corrected chi connectivity index (χ3v) is 9.56. The molecule has 0 saturated carbocycles. The molecule has 0 radical (unpaired) electrons. The molecule has 2 heterocycles. The number of pyridine rings is 1. The van der Waals surface area contributed by atoms with Crippen LogP contribution >= 0.6 is 23.5 Å². The maximum absolute atomic E-state index is 14.8. The van der Waals surface area contributed by atoms with Crippen LogP contribution in [-0.2, 0) is 18.0 Å². The van der Waals surface area contributed by atoms with Gasteiger partial charge in [0.2, 0.25) is 0 Å². The Balaban J connectivity index is 1.25. The van der Waals surface area contributed by atoms with Gasteiger partial charge in [-0.05, 0) is 47.0 Å². The third kappa shape index (κ3) is 6.42. The Morgan fingerprint density at radius 1 is 0.821 bits per heavy atom. The van der Waals surface area contributed by atoms with E-state index in [1.807, 2.05) is 47.9 Å². The van der Waals surface area contributed by atoms with Crippen LogP contribution in [0.4, 0.5) is 17.6 Å². The van der Waals surface area contributed by atoms with E-state index in [-0.39, 0.29) is 23.0 Å². The summed E-state index contributed by atoms with van der Waals surface area (Å²) in [6, 6.07) is 17.5. The minimum absolute atomic E-state index is 0.0563. The van der Waals surface area contributed by atoms with Crippen molar-refractivity contribution in [2.75, 3.05) is 18.6 Å². The zero-order chi connectivity index (χ0) is 27.4. The molecule has 0 N–H and O–H groups in total. The summed E-state index contributed by atoms with van der Waals surface area (Å²) in [4.78, 5) is 4.63. The van der Waals surface area contributed by atoms with Crippen molar-refractivity contribution in [3.63, 3.8) is 0 Å². The number of rotatable bonds is 8. The van der Waals surface area contributed by atoms with Gasteiger partial charge >= 0.3 is 0 Å². The fourth-order valence-corrected chi connectivity index (χ4v) is 7.11. The molecule has 5 rings (SSSR count). The number of nitrogens with zero attached hydrogens (tertiary/aromatic N) is 1. The number of hydrogen-bond donors (Lipinski definition) is 0. The molecule has 0 amide bonds. The first-order chi connectivity index (χ1) is 18.9. The Labute approximate surface area is 233 Å². The normalized spacial score (nSPS) is 17.3. The molecule has 1 aromatic heterocycles. The van der Waals surface area contributed by atoms with Gasteiger partial charge < -0.3 is 9.47 Å². The number of methoxy groups -OCH3 is 1. The van der Waals surface area contributed by atoms with Gasteiger partial charge in [-0.1, -0.05) is 30.3 Å². The highest BCUT2D eigenvalue weighted by atomic mass is 32.2. The maximum atomic E-state index is 14.8. The van der Waals surface area contributed by atoms with E-state index in [1.165, 1.54) is 24.3 Å². The molecule has 1 fully saturated rings. The van der Waals surface area contributed by atoms with Gasteiger partial charge in [0.05, 0.1) is 21.9 Å². The SMILES string of the molecule is COC1CSC(c2ccc(-c3ccc(-c4cc(F)c(COc5ccc(CF)c(F)c5)c(F)c4)cc3)nc2)SC1. The van der Waals surface area contributed by atoms with Gasteiger partial charge in [0.1, 0.15) is 36.5 Å². The molecule has 0 atom stereocenters. The standard InChI is InChI=1S/C30H25F4NO2S2/c1-36-24-16-38-30(39-17-24)21-7-9-29(35-14-21)19-4-2-18(3-5-19)22-10-27(33)25(28(34)11-22)15-37-23-8-6-20(13-31)26(32)12-23/h2-12,14,24,30H,13,15-17H2,1H3. The first kappa shape index (κ1) is 27.6. The summed E-state index contributed by atoms with van der Waals surface area (Å²) in [6.45, 7) is -1.38. The predicted molar refractivity (Wildman–Crippen MR) is 149 cm³/mol. The van der Waals surface area contributed by atoms with Gasteiger partial charge in [-0.15, -0.1) is 23.5 Å². The molecule has 0 aliphatic carbocycles. The molecule has 9 heteroatoms. The van der Waals surface area contributed by atoms with Crippen molar-refractivity contribution in [1.82, 2.24) is 4.98 Å². The van der Waals surface area contributed by atoms with Crippen LogP contribution in [-0.4, -0.2) is 29.7 Å². The van der Waals surface area contributed by atoms with E-state index in [2.05, 4.69) is 11.1 Å². The lowest BCUT2D eigenvalue weighted by molar-refractivity contribution is 0.141. The summed E-state index contributed by atoms with van der Waals surface area (Å²) in [7, 11) is 1.74. The van der Waals surface area contributed by atoms with Gasteiger partial charge in [0.25, 0.3) is 0 Å². The minimum Gasteiger partial charge on any atom is -0.489 e. The van der Waals surface area contributed by atoms with Crippen LogP contribution in [0.3, 0.4) is 0 Å². The second-order valence-electron chi connectivity index (χ2n) is 9.00. The third-order valence-electron chi connectivity index (χ3n) is 6.47. The Morgan fingerprint density at radius 3 is 2.10 bits per heavy atom. The summed E-state index contributed by atoms with van der Waals surface area (Å²) >= 11 is 3.72. The number of aromatic nitrogens is 1. The number of ether oxygens (including phenoxy) is 2. The zero-order valence-corrected chi connectivity index (χ0v) is 22.6. The second kappa shape index (κ2) is 12.4. The van der Waals surface area contributed by atoms with E-state index in [0.29, 0.717) is 15.7 Å². The van der Waals surface area contributed by atoms with Crippen LogP contribution in [0.2, 0.25) is 0 Å². The fourth-order valence-electron chi connectivity index (χ4n) is 4.15. The summed E-state index contributed by atoms with van der Waals surface area (Å²) in [5, 5.41) is 0. The Kier molecular flexibility index (Phi) is 8.79. The molecular weight excluding hydrogens is 546 g/mol. The van der Waals surface area contributed by atoms with Crippen LogP contribution in [0.15, 0.2) is 72.9 Å². The van der Waals surface area contributed by atoms with Crippen LogP contribution < -0.4 is 4.74 Å². The van der Waals surface area contributed by atoms with Gasteiger partial charge in [-0.3, -0.25) is 4.98 Å².